The standard InChI is InChI=1S/C31H37N2O2/c1-26(18-21-32-2)27-19-23-33(24-20-27)22-8-6-4-5-7-9-25-35-31-16-12-29(13-17-31)28-10-14-30(34-3)15-11-28/h10-21,23-24H,1-2,4-9,22,25H2,3H3/q+1/b21-18-. The van der Waals surface area contributed by atoms with E-state index < -0.39 is 0 Å². The van der Waals surface area contributed by atoms with Gasteiger partial charge in [-0.3, -0.25) is 4.99 Å². The first kappa shape index (κ1) is 26.0. The molecule has 1 aromatic heterocycles. The molecule has 182 valence electrons. The van der Waals surface area contributed by atoms with Crippen LogP contribution in [0.4, 0.5) is 0 Å². The molecule has 2 aromatic carbocycles. The van der Waals surface area contributed by atoms with Gasteiger partial charge < -0.3 is 9.47 Å². The Kier molecular flexibility index (Phi) is 10.8. The fraction of sp³-hybridized carbons (Fsp3) is 0.290. The third-order valence-corrected chi connectivity index (χ3v) is 6.00. The van der Waals surface area contributed by atoms with E-state index in [9.17, 15) is 0 Å². The molecule has 4 heteroatoms. The number of pyridine rings is 1. The highest BCUT2D eigenvalue weighted by molar-refractivity contribution is 5.71. The second kappa shape index (κ2) is 14.6. The normalized spacial score (nSPS) is 10.9. The van der Waals surface area contributed by atoms with Gasteiger partial charge in [-0.1, -0.05) is 50.1 Å². The third kappa shape index (κ3) is 8.90. The van der Waals surface area contributed by atoms with Crippen LogP contribution in [-0.2, 0) is 6.54 Å². The Morgan fingerprint density at radius 2 is 1.37 bits per heavy atom. The van der Waals surface area contributed by atoms with Gasteiger partial charge in [0.2, 0.25) is 0 Å². The molecule has 0 aliphatic rings. The second-order valence-electron chi connectivity index (χ2n) is 8.57. The summed E-state index contributed by atoms with van der Waals surface area (Å²) < 4.78 is 13.4. The fourth-order valence-corrected chi connectivity index (χ4v) is 3.88. The Bertz CT molecular complexity index is 1070. The van der Waals surface area contributed by atoms with E-state index in [1.807, 2.05) is 18.2 Å². The molecule has 0 saturated heterocycles. The summed E-state index contributed by atoms with van der Waals surface area (Å²) in [7, 11) is 1.68. The van der Waals surface area contributed by atoms with Gasteiger partial charge in [-0.15, -0.1) is 0 Å². The van der Waals surface area contributed by atoms with Crippen molar-refractivity contribution in [1.29, 1.82) is 0 Å². The maximum atomic E-state index is 5.92. The molecule has 0 unspecified atom stereocenters. The molecule has 0 aliphatic heterocycles. The number of aliphatic imine (C=N–C) groups is 1. The predicted molar refractivity (Wildman–Crippen MR) is 146 cm³/mol. The monoisotopic (exact) mass is 469 g/mol. The predicted octanol–water partition coefficient (Wildman–Crippen LogP) is 7.30. The number of hydrogen-bond donors (Lipinski definition) is 0. The molecule has 3 rings (SSSR count). The van der Waals surface area contributed by atoms with Crippen LogP contribution >= 0.6 is 0 Å². The molecule has 0 spiro atoms. The second-order valence-corrected chi connectivity index (χ2v) is 8.57. The van der Waals surface area contributed by atoms with Crippen molar-refractivity contribution in [1.82, 2.24) is 0 Å². The molecule has 4 nitrogen and oxygen atoms in total. The Labute approximate surface area is 210 Å². The maximum Gasteiger partial charge on any atom is 0.169 e. The summed E-state index contributed by atoms with van der Waals surface area (Å²) in [5.41, 5.74) is 4.40. The van der Waals surface area contributed by atoms with Crippen LogP contribution in [0.15, 0.2) is 96.9 Å². The van der Waals surface area contributed by atoms with Crippen molar-refractivity contribution in [3.63, 3.8) is 0 Å². The number of ether oxygens (including phenoxy) is 2. The lowest BCUT2D eigenvalue weighted by Crippen LogP contribution is -2.32. The molecule has 1 heterocycles. The van der Waals surface area contributed by atoms with Gasteiger partial charge in [0.15, 0.2) is 12.4 Å². The Hall–Kier alpha value is -3.66. The summed E-state index contributed by atoms with van der Waals surface area (Å²) in [4.78, 5) is 3.72. The molecule has 0 aliphatic carbocycles. The van der Waals surface area contributed by atoms with Crippen molar-refractivity contribution >= 4 is 12.3 Å². The van der Waals surface area contributed by atoms with Crippen LogP contribution in [0.25, 0.3) is 16.7 Å². The molecule has 0 amide bonds. The quantitative estimate of drug-likeness (QED) is 0.101. The highest BCUT2D eigenvalue weighted by Crippen LogP contribution is 2.24. The largest absolute Gasteiger partial charge is 0.497 e. The highest BCUT2D eigenvalue weighted by Gasteiger charge is 2.03. The summed E-state index contributed by atoms with van der Waals surface area (Å²) in [5.74, 6) is 1.80. The number of unbranched alkanes of at least 4 members (excludes halogenated alkanes) is 5. The van der Waals surface area contributed by atoms with Crippen molar-refractivity contribution in [2.45, 2.75) is 45.1 Å². The summed E-state index contributed by atoms with van der Waals surface area (Å²) in [6.45, 7) is 9.32. The topological polar surface area (TPSA) is 34.7 Å². The fourth-order valence-electron chi connectivity index (χ4n) is 3.88. The maximum absolute atomic E-state index is 5.92. The van der Waals surface area contributed by atoms with E-state index in [-0.39, 0.29) is 0 Å². The van der Waals surface area contributed by atoms with Gasteiger partial charge in [0.05, 0.1) is 13.7 Å². The minimum absolute atomic E-state index is 0.771. The molecule has 0 saturated carbocycles. The molecule has 0 bridgehead atoms. The van der Waals surface area contributed by atoms with Gasteiger partial charge in [0, 0.05) is 24.8 Å². The van der Waals surface area contributed by atoms with Crippen LogP contribution in [0.3, 0.4) is 0 Å². The molecular formula is C31H37N2O2+. The van der Waals surface area contributed by atoms with Crippen molar-refractivity contribution < 1.29 is 14.0 Å². The molecule has 0 radical (unpaired) electrons. The van der Waals surface area contributed by atoms with Gasteiger partial charge in [0.25, 0.3) is 0 Å². The van der Waals surface area contributed by atoms with E-state index in [4.69, 9.17) is 9.47 Å². The smallest absolute Gasteiger partial charge is 0.169 e. The van der Waals surface area contributed by atoms with E-state index in [2.05, 4.69) is 83.8 Å². The minimum atomic E-state index is 0.771. The lowest BCUT2D eigenvalue weighted by atomic mass is 10.1. The van der Waals surface area contributed by atoms with E-state index in [1.54, 1.807) is 13.3 Å². The Balaban J connectivity index is 1.24. The van der Waals surface area contributed by atoms with E-state index in [0.717, 1.165) is 42.2 Å². The number of nitrogens with zero attached hydrogens (tertiary/aromatic N) is 2. The van der Waals surface area contributed by atoms with Crippen LogP contribution in [0.5, 0.6) is 11.5 Å². The van der Waals surface area contributed by atoms with Gasteiger partial charge in [0.1, 0.15) is 18.0 Å². The highest BCUT2D eigenvalue weighted by atomic mass is 16.5. The summed E-state index contributed by atoms with van der Waals surface area (Å²) in [6, 6.07) is 20.6. The van der Waals surface area contributed by atoms with Gasteiger partial charge in [-0.2, -0.15) is 0 Å². The molecular weight excluding hydrogens is 432 g/mol. The number of methoxy groups -OCH3 is 1. The molecule has 35 heavy (non-hydrogen) atoms. The lowest BCUT2D eigenvalue weighted by Gasteiger charge is -2.08. The number of aryl methyl sites for hydroxylation is 1. The molecule has 3 aromatic rings. The van der Waals surface area contributed by atoms with E-state index >= 15 is 0 Å². The lowest BCUT2D eigenvalue weighted by molar-refractivity contribution is -0.697. The van der Waals surface area contributed by atoms with Gasteiger partial charge in [-0.05, 0) is 72.2 Å². The van der Waals surface area contributed by atoms with Gasteiger partial charge in [-0.25, -0.2) is 4.57 Å². The van der Waals surface area contributed by atoms with Crippen LogP contribution in [-0.4, -0.2) is 20.4 Å². The van der Waals surface area contributed by atoms with Crippen molar-refractivity contribution in [2.24, 2.45) is 4.99 Å². The zero-order valence-electron chi connectivity index (χ0n) is 20.9. The van der Waals surface area contributed by atoms with Crippen molar-refractivity contribution in [3.8, 4) is 22.6 Å². The SMILES string of the molecule is C=N/C=C\C(=C)c1cc[n+](CCCCCCCCOc2ccc(-c3ccc(OC)cc3)cc2)cc1. The first-order valence-corrected chi connectivity index (χ1v) is 12.4. The minimum Gasteiger partial charge on any atom is -0.497 e. The first-order chi connectivity index (χ1) is 17.2. The average Bonchev–Trinajstić information content (AvgIpc) is 2.91. The third-order valence-electron chi connectivity index (χ3n) is 6.00. The molecule has 0 atom stereocenters. The summed E-state index contributed by atoms with van der Waals surface area (Å²) in [6.07, 6.45) is 15.1. The van der Waals surface area contributed by atoms with E-state index in [1.165, 1.54) is 43.2 Å². The van der Waals surface area contributed by atoms with Crippen molar-refractivity contribution in [2.75, 3.05) is 13.7 Å². The number of hydrogen-bond acceptors (Lipinski definition) is 3. The Morgan fingerprint density at radius 3 is 1.97 bits per heavy atom. The number of benzene rings is 2. The summed E-state index contributed by atoms with van der Waals surface area (Å²) >= 11 is 0. The zero-order valence-corrected chi connectivity index (χ0v) is 20.9. The summed E-state index contributed by atoms with van der Waals surface area (Å²) in [5, 5.41) is 0. The zero-order chi connectivity index (χ0) is 24.7. The first-order valence-electron chi connectivity index (χ1n) is 12.4. The van der Waals surface area contributed by atoms with Crippen LogP contribution in [0.2, 0.25) is 0 Å². The van der Waals surface area contributed by atoms with E-state index in [0.29, 0.717) is 0 Å². The van der Waals surface area contributed by atoms with Crippen LogP contribution < -0.4 is 14.0 Å². The van der Waals surface area contributed by atoms with Crippen LogP contribution in [0, 0.1) is 0 Å². The van der Waals surface area contributed by atoms with Crippen LogP contribution in [0.1, 0.15) is 44.1 Å². The van der Waals surface area contributed by atoms with Crippen molar-refractivity contribution in [3.05, 3.63) is 97.5 Å². The molecule has 0 fully saturated rings. The van der Waals surface area contributed by atoms with Gasteiger partial charge >= 0.3 is 0 Å². The number of aromatic nitrogens is 1. The number of allylic oxidation sites excluding steroid dienone is 2. The molecule has 0 N–H and O–H groups in total. The Morgan fingerprint density at radius 1 is 0.800 bits per heavy atom. The average molecular weight is 470 g/mol. The number of rotatable bonds is 15.